The van der Waals surface area contributed by atoms with Gasteiger partial charge in [0, 0.05) is 11.9 Å². The Labute approximate surface area is 124 Å². The summed E-state index contributed by atoms with van der Waals surface area (Å²) >= 11 is 6.15. The van der Waals surface area contributed by atoms with Crippen molar-refractivity contribution in [2.75, 3.05) is 0 Å². The second-order valence-corrected chi connectivity index (χ2v) is 6.06. The zero-order valence-corrected chi connectivity index (χ0v) is 12.4. The summed E-state index contributed by atoms with van der Waals surface area (Å²) in [5.41, 5.74) is 2.79. The molecule has 0 unspecified atom stereocenters. The first-order chi connectivity index (χ1) is 9.83. The molecule has 0 radical (unpaired) electrons. The van der Waals surface area contributed by atoms with Crippen LogP contribution >= 0.6 is 11.6 Å². The van der Waals surface area contributed by atoms with E-state index in [1.807, 2.05) is 12.1 Å². The van der Waals surface area contributed by atoms with Gasteiger partial charge in [-0.15, -0.1) is 0 Å². The minimum absolute atomic E-state index is 0.651. The third-order valence-electron chi connectivity index (χ3n) is 4.18. The van der Waals surface area contributed by atoms with Crippen LogP contribution in [0.25, 0.3) is 11.4 Å². The van der Waals surface area contributed by atoms with Gasteiger partial charge in [-0.2, -0.15) is 5.10 Å². The van der Waals surface area contributed by atoms with Crippen LogP contribution in [0.5, 0.6) is 0 Å². The van der Waals surface area contributed by atoms with Crippen molar-refractivity contribution in [3.05, 3.63) is 35.1 Å². The number of halogens is 1. The molecular formula is C16H20ClN3. The Morgan fingerprint density at radius 2 is 2.10 bits per heavy atom. The molecule has 2 aromatic rings. The van der Waals surface area contributed by atoms with Gasteiger partial charge in [0.2, 0.25) is 0 Å². The van der Waals surface area contributed by atoms with E-state index in [1.165, 1.54) is 44.2 Å². The van der Waals surface area contributed by atoms with Crippen molar-refractivity contribution < 1.29 is 0 Å². The van der Waals surface area contributed by atoms with Gasteiger partial charge in [-0.25, -0.2) is 0 Å². The Hall–Kier alpha value is -1.35. The average Bonchev–Trinajstić information content (AvgIpc) is 2.95. The molecule has 3 nitrogen and oxygen atoms in total. The Balaban J connectivity index is 1.63. The Morgan fingerprint density at radius 1 is 1.25 bits per heavy atom. The first-order valence-corrected chi connectivity index (χ1v) is 7.86. The number of aromatic nitrogens is 3. The van der Waals surface area contributed by atoms with E-state index in [1.54, 1.807) is 6.20 Å². The zero-order chi connectivity index (χ0) is 13.8. The highest BCUT2D eigenvalue weighted by Gasteiger charge is 2.14. The second kappa shape index (κ2) is 6.40. The smallest absolute Gasteiger partial charge is 0.112 e. The first kappa shape index (κ1) is 13.6. The van der Waals surface area contributed by atoms with Crippen molar-refractivity contribution in [3.63, 3.8) is 0 Å². The molecule has 1 N–H and O–H groups in total. The number of nitrogens with zero attached hydrogens (tertiary/aromatic N) is 2. The standard InChI is InChI=1S/C16H20ClN3/c17-14-7-4-10-18-16(14)15-11-13(19-20-15)9-8-12-5-2-1-3-6-12/h4,7,10-12H,1-3,5-6,8-9H2,(H,19,20). The largest absolute Gasteiger partial charge is 0.282 e. The van der Waals surface area contributed by atoms with Crippen molar-refractivity contribution in [1.29, 1.82) is 0 Å². The lowest BCUT2D eigenvalue weighted by Crippen LogP contribution is -2.07. The van der Waals surface area contributed by atoms with E-state index in [2.05, 4.69) is 21.2 Å². The molecule has 1 aliphatic carbocycles. The summed E-state index contributed by atoms with van der Waals surface area (Å²) in [6, 6.07) is 5.76. The molecular weight excluding hydrogens is 270 g/mol. The molecule has 0 bridgehead atoms. The molecule has 0 aliphatic heterocycles. The Kier molecular flexibility index (Phi) is 4.36. The van der Waals surface area contributed by atoms with Crippen molar-refractivity contribution >= 4 is 11.6 Å². The van der Waals surface area contributed by atoms with Gasteiger partial charge < -0.3 is 0 Å². The summed E-state index contributed by atoms with van der Waals surface area (Å²) in [5.74, 6) is 0.897. The average molecular weight is 290 g/mol. The van der Waals surface area contributed by atoms with Crippen LogP contribution in [0.2, 0.25) is 5.02 Å². The van der Waals surface area contributed by atoms with Crippen LogP contribution in [0.15, 0.2) is 24.4 Å². The predicted molar refractivity (Wildman–Crippen MR) is 81.7 cm³/mol. The van der Waals surface area contributed by atoms with Crippen molar-refractivity contribution in [2.45, 2.75) is 44.9 Å². The molecule has 0 amide bonds. The first-order valence-electron chi connectivity index (χ1n) is 7.48. The van der Waals surface area contributed by atoms with E-state index in [0.717, 1.165) is 23.7 Å². The number of hydrogen-bond donors (Lipinski definition) is 1. The molecule has 2 aromatic heterocycles. The SMILES string of the molecule is Clc1cccnc1-c1cc(CCC2CCCCC2)[nH]n1. The van der Waals surface area contributed by atoms with Gasteiger partial charge in [0.15, 0.2) is 0 Å². The van der Waals surface area contributed by atoms with Gasteiger partial charge in [-0.3, -0.25) is 10.1 Å². The van der Waals surface area contributed by atoms with Crippen LogP contribution in [0.4, 0.5) is 0 Å². The van der Waals surface area contributed by atoms with Crippen LogP contribution in [-0.2, 0) is 6.42 Å². The predicted octanol–water partition coefficient (Wildman–Crippen LogP) is 4.64. The highest BCUT2D eigenvalue weighted by Crippen LogP contribution is 2.28. The van der Waals surface area contributed by atoms with E-state index in [-0.39, 0.29) is 0 Å². The molecule has 0 saturated heterocycles. The third kappa shape index (κ3) is 3.21. The molecule has 0 aromatic carbocycles. The molecule has 2 heterocycles. The molecule has 1 fully saturated rings. The highest BCUT2D eigenvalue weighted by molar-refractivity contribution is 6.32. The molecule has 1 aliphatic rings. The topological polar surface area (TPSA) is 41.6 Å². The van der Waals surface area contributed by atoms with E-state index in [4.69, 9.17) is 11.6 Å². The van der Waals surface area contributed by atoms with E-state index in [0.29, 0.717) is 5.02 Å². The van der Waals surface area contributed by atoms with E-state index >= 15 is 0 Å². The molecule has 3 rings (SSSR count). The zero-order valence-electron chi connectivity index (χ0n) is 11.6. The molecule has 106 valence electrons. The van der Waals surface area contributed by atoms with Crippen LogP contribution in [0.1, 0.15) is 44.2 Å². The lowest BCUT2D eigenvalue weighted by molar-refractivity contribution is 0.338. The monoisotopic (exact) mass is 289 g/mol. The maximum absolute atomic E-state index is 6.15. The van der Waals surface area contributed by atoms with E-state index in [9.17, 15) is 0 Å². The fraction of sp³-hybridized carbons (Fsp3) is 0.500. The fourth-order valence-electron chi connectivity index (χ4n) is 3.02. The summed E-state index contributed by atoms with van der Waals surface area (Å²) in [6.45, 7) is 0. The van der Waals surface area contributed by atoms with Gasteiger partial charge >= 0.3 is 0 Å². The maximum atomic E-state index is 6.15. The summed E-state index contributed by atoms with van der Waals surface area (Å²) in [6.07, 6.45) is 11.1. The fourth-order valence-corrected chi connectivity index (χ4v) is 3.24. The minimum atomic E-state index is 0.651. The number of pyridine rings is 1. The second-order valence-electron chi connectivity index (χ2n) is 5.65. The lowest BCUT2D eigenvalue weighted by Gasteiger charge is -2.20. The summed E-state index contributed by atoms with van der Waals surface area (Å²) in [5, 5.41) is 8.11. The van der Waals surface area contributed by atoms with Crippen LogP contribution in [-0.4, -0.2) is 15.2 Å². The summed E-state index contributed by atoms with van der Waals surface area (Å²) in [4.78, 5) is 4.30. The van der Waals surface area contributed by atoms with E-state index < -0.39 is 0 Å². The minimum Gasteiger partial charge on any atom is -0.282 e. The van der Waals surface area contributed by atoms with Gasteiger partial charge in [0.25, 0.3) is 0 Å². The number of rotatable bonds is 4. The van der Waals surface area contributed by atoms with Gasteiger partial charge in [0.1, 0.15) is 11.4 Å². The van der Waals surface area contributed by atoms with Crippen LogP contribution in [0.3, 0.4) is 0 Å². The molecule has 1 saturated carbocycles. The third-order valence-corrected chi connectivity index (χ3v) is 4.48. The normalized spacial score (nSPS) is 16.4. The molecule has 20 heavy (non-hydrogen) atoms. The van der Waals surface area contributed by atoms with Crippen molar-refractivity contribution in [2.24, 2.45) is 5.92 Å². The summed E-state index contributed by atoms with van der Waals surface area (Å²) in [7, 11) is 0. The molecule has 4 heteroatoms. The number of nitrogens with one attached hydrogen (secondary N) is 1. The van der Waals surface area contributed by atoms with Gasteiger partial charge in [0.05, 0.1) is 5.02 Å². The summed E-state index contributed by atoms with van der Waals surface area (Å²) < 4.78 is 0. The number of aromatic amines is 1. The Morgan fingerprint density at radius 3 is 2.90 bits per heavy atom. The van der Waals surface area contributed by atoms with Crippen molar-refractivity contribution in [3.8, 4) is 11.4 Å². The van der Waals surface area contributed by atoms with Crippen LogP contribution < -0.4 is 0 Å². The van der Waals surface area contributed by atoms with Crippen molar-refractivity contribution in [1.82, 2.24) is 15.2 Å². The maximum Gasteiger partial charge on any atom is 0.112 e. The molecule has 0 atom stereocenters. The lowest BCUT2D eigenvalue weighted by atomic mass is 9.86. The van der Waals surface area contributed by atoms with Crippen LogP contribution in [0, 0.1) is 5.92 Å². The Bertz CT molecular complexity index is 558. The number of H-pyrrole nitrogens is 1. The molecule has 0 spiro atoms. The highest BCUT2D eigenvalue weighted by atomic mass is 35.5. The van der Waals surface area contributed by atoms with Gasteiger partial charge in [-0.1, -0.05) is 43.7 Å². The quantitative estimate of drug-likeness (QED) is 0.891. The number of aryl methyl sites for hydroxylation is 1. The van der Waals surface area contributed by atoms with Gasteiger partial charge in [-0.05, 0) is 37.0 Å². The number of hydrogen-bond acceptors (Lipinski definition) is 2.